The lowest BCUT2D eigenvalue weighted by Crippen LogP contribution is -2.02. The summed E-state index contributed by atoms with van der Waals surface area (Å²) in [5, 5.41) is 3.50. The van der Waals surface area contributed by atoms with Crippen LogP contribution >= 0.6 is 15.9 Å². The first-order valence-electron chi connectivity index (χ1n) is 6.24. The van der Waals surface area contributed by atoms with Crippen LogP contribution in [-0.4, -0.2) is 6.54 Å². The van der Waals surface area contributed by atoms with Gasteiger partial charge in [-0.05, 0) is 31.0 Å². The van der Waals surface area contributed by atoms with E-state index in [1.165, 1.54) is 43.4 Å². The number of anilines is 1. The average molecular weight is 284 g/mol. The normalized spacial score (nSPS) is 10.4. The van der Waals surface area contributed by atoms with Crippen LogP contribution in [0, 0.1) is 6.92 Å². The quantitative estimate of drug-likeness (QED) is 0.683. The molecule has 0 aliphatic rings. The summed E-state index contributed by atoms with van der Waals surface area (Å²) >= 11 is 3.50. The average Bonchev–Trinajstić information content (AvgIpc) is 2.28. The second kappa shape index (κ2) is 7.72. The Balaban J connectivity index is 2.23. The number of hydrogen-bond acceptors (Lipinski definition) is 1. The summed E-state index contributed by atoms with van der Waals surface area (Å²) in [5.74, 6) is 0. The lowest BCUT2D eigenvalue weighted by Gasteiger charge is -2.09. The van der Waals surface area contributed by atoms with Crippen LogP contribution in [0.1, 0.15) is 44.6 Å². The molecule has 16 heavy (non-hydrogen) atoms. The fraction of sp³-hybridized carbons (Fsp3) is 0.571. The zero-order valence-electron chi connectivity index (χ0n) is 10.4. The number of nitrogens with one attached hydrogen (secondary N) is 1. The van der Waals surface area contributed by atoms with E-state index in [0.29, 0.717) is 0 Å². The third-order valence-corrected chi connectivity index (χ3v) is 3.29. The molecule has 0 heterocycles. The molecule has 0 saturated heterocycles. The Bertz CT molecular complexity index is 310. The molecule has 1 nitrogen and oxygen atoms in total. The molecular weight excluding hydrogens is 262 g/mol. The van der Waals surface area contributed by atoms with Crippen molar-refractivity contribution >= 4 is 21.6 Å². The molecule has 1 rings (SSSR count). The van der Waals surface area contributed by atoms with Crippen molar-refractivity contribution in [3.05, 3.63) is 28.2 Å². The van der Waals surface area contributed by atoms with Crippen molar-refractivity contribution in [2.45, 2.75) is 46.0 Å². The Morgan fingerprint density at radius 3 is 2.62 bits per heavy atom. The molecule has 0 aliphatic carbocycles. The highest BCUT2D eigenvalue weighted by Gasteiger charge is 1.98. The van der Waals surface area contributed by atoms with Gasteiger partial charge in [0.15, 0.2) is 0 Å². The monoisotopic (exact) mass is 283 g/mol. The van der Waals surface area contributed by atoms with E-state index in [-0.39, 0.29) is 0 Å². The van der Waals surface area contributed by atoms with Crippen LogP contribution in [-0.2, 0) is 0 Å². The van der Waals surface area contributed by atoms with E-state index in [2.05, 4.69) is 53.3 Å². The minimum atomic E-state index is 1.08. The summed E-state index contributed by atoms with van der Waals surface area (Å²) < 4.78 is 1.14. The van der Waals surface area contributed by atoms with E-state index < -0.39 is 0 Å². The minimum absolute atomic E-state index is 1.08. The van der Waals surface area contributed by atoms with E-state index in [4.69, 9.17) is 0 Å². The van der Waals surface area contributed by atoms with Crippen molar-refractivity contribution in [3.63, 3.8) is 0 Å². The molecule has 0 aliphatic heterocycles. The molecule has 0 atom stereocenters. The van der Waals surface area contributed by atoms with Crippen LogP contribution in [0.2, 0.25) is 0 Å². The maximum atomic E-state index is 3.50. The van der Waals surface area contributed by atoms with Gasteiger partial charge in [0.1, 0.15) is 0 Å². The zero-order chi connectivity index (χ0) is 11.8. The molecule has 0 fully saturated rings. The van der Waals surface area contributed by atoms with Crippen molar-refractivity contribution < 1.29 is 0 Å². The number of rotatable bonds is 7. The van der Waals surface area contributed by atoms with E-state index in [9.17, 15) is 0 Å². The van der Waals surface area contributed by atoms with Crippen molar-refractivity contribution in [2.24, 2.45) is 0 Å². The maximum Gasteiger partial charge on any atom is 0.0381 e. The van der Waals surface area contributed by atoms with Crippen molar-refractivity contribution in [2.75, 3.05) is 11.9 Å². The summed E-state index contributed by atoms with van der Waals surface area (Å²) in [6, 6.07) is 6.38. The van der Waals surface area contributed by atoms with Gasteiger partial charge in [0.25, 0.3) is 0 Å². The van der Waals surface area contributed by atoms with Crippen molar-refractivity contribution in [1.82, 2.24) is 0 Å². The molecule has 1 N–H and O–H groups in total. The van der Waals surface area contributed by atoms with Crippen molar-refractivity contribution in [1.29, 1.82) is 0 Å². The zero-order valence-corrected chi connectivity index (χ0v) is 11.9. The van der Waals surface area contributed by atoms with Gasteiger partial charge in [0.2, 0.25) is 0 Å². The van der Waals surface area contributed by atoms with E-state index in [0.717, 1.165) is 11.0 Å². The van der Waals surface area contributed by atoms with Crippen LogP contribution in [0.3, 0.4) is 0 Å². The summed E-state index contributed by atoms with van der Waals surface area (Å²) in [6.45, 7) is 5.48. The van der Waals surface area contributed by atoms with Gasteiger partial charge >= 0.3 is 0 Å². The topological polar surface area (TPSA) is 12.0 Å². The molecule has 0 saturated carbocycles. The van der Waals surface area contributed by atoms with Crippen LogP contribution in [0.4, 0.5) is 5.69 Å². The molecule has 1 aromatic rings. The molecule has 0 spiro atoms. The van der Waals surface area contributed by atoms with Gasteiger partial charge in [0, 0.05) is 16.7 Å². The number of benzene rings is 1. The predicted molar refractivity (Wildman–Crippen MR) is 76.1 cm³/mol. The molecule has 0 bridgehead atoms. The fourth-order valence-electron chi connectivity index (χ4n) is 1.74. The molecule has 0 aromatic heterocycles. The Hall–Kier alpha value is -0.500. The second-order valence-corrected chi connectivity index (χ2v) is 5.22. The van der Waals surface area contributed by atoms with Crippen LogP contribution in [0.15, 0.2) is 22.7 Å². The molecule has 0 amide bonds. The minimum Gasteiger partial charge on any atom is -0.385 e. The smallest absolute Gasteiger partial charge is 0.0381 e. The fourth-order valence-corrected chi connectivity index (χ4v) is 2.10. The predicted octanol–water partition coefficient (Wildman–Crippen LogP) is 5.14. The van der Waals surface area contributed by atoms with Gasteiger partial charge in [-0.25, -0.2) is 0 Å². The number of aryl methyl sites for hydroxylation is 1. The van der Waals surface area contributed by atoms with E-state index in [1.54, 1.807) is 0 Å². The van der Waals surface area contributed by atoms with Gasteiger partial charge in [-0.3, -0.25) is 0 Å². The van der Waals surface area contributed by atoms with Gasteiger partial charge < -0.3 is 5.32 Å². The molecular formula is C14H22BrN. The summed E-state index contributed by atoms with van der Waals surface area (Å²) in [4.78, 5) is 0. The van der Waals surface area contributed by atoms with Crippen LogP contribution in [0.5, 0.6) is 0 Å². The largest absolute Gasteiger partial charge is 0.385 e. The molecule has 0 unspecified atom stereocenters. The second-order valence-electron chi connectivity index (χ2n) is 4.30. The highest BCUT2D eigenvalue weighted by Crippen LogP contribution is 2.20. The molecule has 2 heteroatoms. The van der Waals surface area contributed by atoms with Crippen molar-refractivity contribution in [3.8, 4) is 0 Å². The Labute approximate surface area is 108 Å². The summed E-state index contributed by atoms with van der Waals surface area (Å²) in [7, 11) is 0. The molecule has 0 radical (unpaired) electrons. The highest BCUT2D eigenvalue weighted by molar-refractivity contribution is 9.10. The first kappa shape index (κ1) is 13.6. The van der Waals surface area contributed by atoms with Crippen LogP contribution in [0.25, 0.3) is 0 Å². The molecule has 1 aromatic carbocycles. The maximum absolute atomic E-state index is 3.50. The first-order valence-corrected chi connectivity index (χ1v) is 7.03. The third kappa shape index (κ3) is 5.02. The Morgan fingerprint density at radius 2 is 1.88 bits per heavy atom. The Morgan fingerprint density at radius 1 is 1.12 bits per heavy atom. The van der Waals surface area contributed by atoms with Gasteiger partial charge in [-0.15, -0.1) is 0 Å². The lowest BCUT2D eigenvalue weighted by atomic mass is 10.1. The first-order chi connectivity index (χ1) is 7.74. The van der Waals surface area contributed by atoms with Gasteiger partial charge in [-0.2, -0.15) is 0 Å². The summed E-state index contributed by atoms with van der Waals surface area (Å²) in [5.41, 5.74) is 2.57. The molecule has 90 valence electrons. The van der Waals surface area contributed by atoms with Gasteiger partial charge in [0.05, 0.1) is 0 Å². The third-order valence-electron chi connectivity index (χ3n) is 2.80. The number of hydrogen-bond donors (Lipinski definition) is 1. The highest BCUT2D eigenvalue weighted by atomic mass is 79.9. The van der Waals surface area contributed by atoms with Gasteiger partial charge in [-0.1, -0.05) is 54.6 Å². The lowest BCUT2D eigenvalue weighted by molar-refractivity contribution is 0.645. The standard InChI is InChI=1S/C14H22BrN/c1-3-4-5-6-7-10-16-14-11-13(15)9-8-12(14)2/h8-9,11,16H,3-7,10H2,1-2H3. The number of unbranched alkanes of at least 4 members (excludes halogenated alkanes) is 4. The summed E-state index contributed by atoms with van der Waals surface area (Å²) in [6.07, 6.45) is 6.67. The van der Waals surface area contributed by atoms with E-state index >= 15 is 0 Å². The number of halogens is 1. The Kier molecular flexibility index (Phi) is 6.55. The van der Waals surface area contributed by atoms with Crippen LogP contribution < -0.4 is 5.32 Å². The van der Waals surface area contributed by atoms with E-state index in [1.807, 2.05) is 0 Å². The SMILES string of the molecule is CCCCCCCNc1cc(Br)ccc1C.